The van der Waals surface area contributed by atoms with Crippen LogP contribution in [0.15, 0.2) is 36.9 Å². The molecule has 5 nitrogen and oxygen atoms in total. The summed E-state index contributed by atoms with van der Waals surface area (Å²) in [6.07, 6.45) is 5.28. The first-order valence-corrected chi connectivity index (χ1v) is 9.18. The number of aryl methyl sites for hydroxylation is 1. The third-order valence-electron chi connectivity index (χ3n) is 5.05. The van der Waals surface area contributed by atoms with Crippen LogP contribution in [0.2, 0.25) is 0 Å². The normalized spacial score (nSPS) is 19.7. The number of benzene rings is 1. The SMILES string of the molecule is C=CCN1CC(C(=O)NCCCN2CCCc3ccccc32)CC1=O. The molecule has 0 aromatic heterocycles. The molecule has 0 bridgehead atoms. The predicted octanol–water partition coefficient (Wildman–Crippen LogP) is 1.98. The number of carbonyl (C=O) groups is 2. The van der Waals surface area contributed by atoms with Gasteiger partial charge in [-0.2, -0.15) is 0 Å². The third-order valence-corrected chi connectivity index (χ3v) is 5.05. The maximum Gasteiger partial charge on any atom is 0.225 e. The minimum atomic E-state index is -0.219. The van der Waals surface area contributed by atoms with Crippen LogP contribution in [-0.4, -0.2) is 49.4 Å². The number of hydrogen-bond donors (Lipinski definition) is 1. The summed E-state index contributed by atoms with van der Waals surface area (Å²) in [4.78, 5) is 28.2. The Morgan fingerprint density at radius 2 is 2.16 bits per heavy atom. The van der Waals surface area contributed by atoms with Crippen molar-refractivity contribution in [1.29, 1.82) is 0 Å². The Morgan fingerprint density at radius 3 is 3.00 bits per heavy atom. The molecule has 2 aliphatic heterocycles. The first-order chi connectivity index (χ1) is 12.2. The van der Waals surface area contributed by atoms with E-state index < -0.39 is 0 Å². The lowest BCUT2D eigenvalue weighted by Gasteiger charge is -2.31. The molecule has 25 heavy (non-hydrogen) atoms. The van der Waals surface area contributed by atoms with E-state index in [0.717, 1.165) is 25.9 Å². The van der Waals surface area contributed by atoms with Gasteiger partial charge in [0.05, 0.1) is 5.92 Å². The molecule has 1 saturated heterocycles. The summed E-state index contributed by atoms with van der Waals surface area (Å²) in [6, 6.07) is 8.58. The molecule has 3 rings (SSSR count). The van der Waals surface area contributed by atoms with Gasteiger partial charge >= 0.3 is 0 Å². The number of nitrogens with zero attached hydrogens (tertiary/aromatic N) is 2. The van der Waals surface area contributed by atoms with Crippen molar-refractivity contribution >= 4 is 17.5 Å². The Morgan fingerprint density at radius 1 is 1.32 bits per heavy atom. The van der Waals surface area contributed by atoms with Gasteiger partial charge in [0, 0.05) is 44.8 Å². The number of likely N-dealkylation sites (tertiary alicyclic amines) is 1. The monoisotopic (exact) mass is 341 g/mol. The number of amides is 2. The summed E-state index contributed by atoms with van der Waals surface area (Å²) in [5.74, 6) is -0.174. The lowest BCUT2D eigenvalue weighted by molar-refractivity contribution is -0.128. The van der Waals surface area contributed by atoms with Crippen LogP contribution >= 0.6 is 0 Å². The Labute approximate surface area is 149 Å². The van der Waals surface area contributed by atoms with Gasteiger partial charge in [-0.15, -0.1) is 6.58 Å². The molecule has 1 N–H and O–H groups in total. The average molecular weight is 341 g/mol. The van der Waals surface area contributed by atoms with Gasteiger partial charge in [0.1, 0.15) is 0 Å². The van der Waals surface area contributed by atoms with E-state index in [1.54, 1.807) is 11.0 Å². The molecule has 5 heteroatoms. The van der Waals surface area contributed by atoms with Crippen LogP contribution < -0.4 is 10.2 Å². The van der Waals surface area contributed by atoms with Crippen LogP contribution in [0.5, 0.6) is 0 Å². The van der Waals surface area contributed by atoms with E-state index in [2.05, 4.69) is 41.1 Å². The molecule has 2 amide bonds. The Kier molecular flexibility index (Phi) is 5.74. The summed E-state index contributed by atoms with van der Waals surface area (Å²) in [5.41, 5.74) is 2.76. The minimum Gasteiger partial charge on any atom is -0.371 e. The van der Waals surface area contributed by atoms with Gasteiger partial charge in [-0.3, -0.25) is 9.59 Å². The first kappa shape index (κ1) is 17.5. The molecule has 1 atom stereocenters. The quantitative estimate of drug-likeness (QED) is 0.609. The van der Waals surface area contributed by atoms with Gasteiger partial charge in [-0.05, 0) is 30.9 Å². The second-order valence-electron chi connectivity index (χ2n) is 6.85. The standard InChI is InChI=1S/C20H27N3O2/c1-2-11-23-15-17(14-19(23)24)20(25)21-10-6-13-22-12-5-8-16-7-3-4-9-18(16)22/h2-4,7,9,17H,1,5-6,8,10-15H2,(H,21,25). The molecule has 2 aliphatic rings. The highest BCUT2D eigenvalue weighted by molar-refractivity contribution is 5.89. The van der Waals surface area contributed by atoms with Crippen molar-refractivity contribution in [2.45, 2.75) is 25.7 Å². The second-order valence-corrected chi connectivity index (χ2v) is 6.85. The Hall–Kier alpha value is -2.30. The van der Waals surface area contributed by atoms with Crippen molar-refractivity contribution in [3.05, 3.63) is 42.5 Å². The summed E-state index contributed by atoms with van der Waals surface area (Å²) in [6.45, 7) is 7.37. The van der Waals surface area contributed by atoms with E-state index in [1.807, 2.05) is 0 Å². The zero-order valence-electron chi connectivity index (χ0n) is 14.7. The summed E-state index contributed by atoms with van der Waals surface area (Å²) >= 11 is 0. The molecular weight excluding hydrogens is 314 g/mol. The smallest absolute Gasteiger partial charge is 0.225 e. The molecule has 1 aromatic carbocycles. The maximum absolute atomic E-state index is 12.3. The van der Waals surface area contributed by atoms with Gasteiger partial charge < -0.3 is 15.1 Å². The second kappa shape index (κ2) is 8.19. The summed E-state index contributed by atoms with van der Waals surface area (Å²) in [5, 5.41) is 3.00. The highest BCUT2D eigenvalue weighted by Gasteiger charge is 2.33. The van der Waals surface area contributed by atoms with E-state index >= 15 is 0 Å². The average Bonchev–Trinajstić information content (AvgIpc) is 3.00. The topological polar surface area (TPSA) is 52.7 Å². The van der Waals surface area contributed by atoms with Gasteiger partial charge in [0.15, 0.2) is 0 Å². The minimum absolute atomic E-state index is 0.000966. The van der Waals surface area contributed by atoms with E-state index in [-0.39, 0.29) is 17.7 Å². The Balaban J connectivity index is 1.41. The van der Waals surface area contributed by atoms with Crippen LogP contribution in [0.4, 0.5) is 5.69 Å². The van der Waals surface area contributed by atoms with Crippen molar-refractivity contribution < 1.29 is 9.59 Å². The predicted molar refractivity (Wildman–Crippen MR) is 99.5 cm³/mol. The zero-order valence-corrected chi connectivity index (χ0v) is 14.7. The number of carbonyl (C=O) groups excluding carboxylic acids is 2. The molecular formula is C20H27N3O2. The molecule has 0 aliphatic carbocycles. The highest BCUT2D eigenvalue weighted by Crippen LogP contribution is 2.26. The molecule has 1 unspecified atom stereocenters. The van der Waals surface area contributed by atoms with Crippen LogP contribution in [0.3, 0.4) is 0 Å². The molecule has 1 aromatic rings. The summed E-state index contributed by atoms with van der Waals surface area (Å²) < 4.78 is 0. The van der Waals surface area contributed by atoms with Crippen molar-refractivity contribution in [3.8, 4) is 0 Å². The van der Waals surface area contributed by atoms with Gasteiger partial charge in [0.25, 0.3) is 0 Å². The van der Waals surface area contributed by atoms with Crippen molar-refractivity contribution in [2.75, 3.05) is 37.6 Å². The van der Waals surface area contributed by atoms with Gasteiger partial charge in [0.2, 0.25) is 11.8 Å². The zero-order chi connectivity index (χ0) is 17.6. The Bertz CT molecular complexity index is 644. The molecule has 0 radical (unpaired) electrons. The fourth-order valence-electron chi connectivity index (χ4n) is 3.75. The fourth-order valence-corrected chi connectivity index (χ4v) is 3.75. The number of fused-ring (bicyclic) bond motifs is 1. The fraction of sp³-hybridized carbons (Fsp3) is 0.500. The van der Waals surface area contributed by atoms with Crippen LogP contribution in [0.1, 0.15) is 24.8 Å². The van der Waals surface area contributed by atoms with E-state index in [0.29, 0.717) is 26.1 Å². The lowest BCUT2D eigenvalue weighted by Crippen LogP contribution is -2.36. The van der Waals surface area contributed by atoms with Crippen LogP contribution in [-0.2, 0) is 16.0 Å². The molecule has 134 valence electrons. The summed E-state index contributed by atoms with van der Waals surface area (Å²) in [7, 11) is 0. The highest BCUT2D eigenvalue weighted by atomic mass is 16.2. The van der Waals surface area contributed by atoms with Gasteiger partial charge in [-0.25, -0.2) is 0 Å². The maximum atomic E-state index is 12.3. The number of hydrogen-bond acceptors (Lipinski definition) is 3. The van der Waals surface area contributed by atoms with Crippen molar-refractivity contribution in [2.24, 2.45) is 5.92 Å². The third kappa shape index (κ3) is 4.21. The van der Waals surface area contributed by atoms with E-state index in [1.165, 1.54) is 17.7 Å². The molecule has 0 spiro atoms. The van der Waals surface area contributed by atoms with Gasteiger partial charge in [-0.1, -0.05) is 24.3 Å². The number of nitrogens with one attached hydrogen (secondary N) is 1. The van der Waals surface area contributed by atoms with Crippen molar-refractivity contribution in [1.82, 2.24) is 10.2 Å². The number of rotatable bonds is 7. The largest absolute Gasteiger partial charge is 0.371 e. The number of para-hydroxylation sites is 1. The molecule has 2 heterocycles. The van der Waals surface area contributed by atoms with Crippen LogP contribution in [0, 0.1) is 5.92 Å². The first-order valence-electron chi connectivity index (χ1n) is 9.18. The molecule has 1 fully saturated rings. The number of anilines is 1. The van der Waals surface area contributed by atoms with Crippen LogP contribution in [0.25, 0.3) is 0 Å². The van der Waals surface area contributed by atoms with E-state index in [9.17, 15) is 9.59 Å². The van der Waals surface area contributed by atoms with E-state index in [4.69, 9.17) is 0 Å². The lowest BCUT2D eigenvalue weighted by atomic mass is 10.0. The molecule has 0 saturated carbocycles. The van der Waals surface area contributed by atoms with Crippen molar-refractivity contribution in [3.63, 3.8) is 0 Å².